The van der Waals surface area contributed by atoms with Crippen LogP contribution in [0.25, 0.3) is 5.69 Å². The van der Waals surface area contributed by atoms with Gasteiger partial charge in [-0.05, 0) is 47.5 Å². The number of thiophene rings is 1. The number of rotatable bonds is 6. The lowest BCUT2D eigenvalue weighted by atomic mass is 10.1. The van der Waals surface area contributed by atoms with Crippen LogP contribution in [0.15, 0.2) is 53.4 Å². The SMILES string of the molecule is CCNC(Cc1ccsc1)c1cnnn1-c1ccccc1. The molecule has 0 saturated carbocycles. The zero-order chi connectivity index (χ0) is 14.5. The van der Waals surface area contributed by atoms with Crippen molar-refractivity contribution < 1.29 is 0 Å². The van der Waals surface area contributed by atoms with Crippen molar-refractivity contribution in [2.45, 2.75) is 19.4 Å². The Kier molecular flexibility index (Phi) is 4.43. The maximum atomic E-state index is 4.25. The molecule has 0 bridgehead atoms. The zero-order valence-corrected chi connectivity index (χ0v) is 12.8. The summed E-state index contributed by atoms with van der Waals surface area (Å²) >= 11 is 1.73. The molecule has 0 aliphatic heterocycles. The van der Waals surface area contributed by atoms with Crippen LogP contribution in [0.4, 0.5) is 0 Å². The van der Waals surface area contributed by atoms with Gasteiger partial charge in [0.2, 0.25) is 0 Å². The van der Waals surface area contributed by atoms with Crippen molar-refractivity contribution in [2.24, 2.45) is 0 Å². The van der Waals surface area contributed by atoms with Gasteiger partial charge in [0, 0.05) is 0 Å². The van der Waals surface area contributed by atoms with Crippen molar-refractivity contribution in [3.8, 4) is 5.69 Å². The normalized spacial score (nSPS) is 12.4. The molecule has 2 aromatic heterocycles. The Balaban J connectivity index is 1.91. The summed E-state index contributed by atoms with van der Waals surface area (Å²) < 4.78 is 1.92. The highest BCUT2D eigenvalue weighted by Gasteiger charge is 2.18. The molecule has 0 aliphatic carbocycles. The van der Waals surface area contributed by atoms with E-state index in [2.05, 4.69) is 39.4 Å². The number of hydrogen-bond donors (Lipinski definition) is 1. The Labute approximate surface area is 128 Å². The van der Waals surface area contributed by atoms with Gasteiger partial charge < -0.3 is 5.32 Å². The van der Waals surface area contributed by atoms with Crippen molar-refractivity contribution in [1.29, 1.82) is 0 Å². The molecule has 21 heavy (non-hydrogen) atoms. The van der Waals surface area contributed by atoms with Gasteiger partial charge in [0.15, 0.2) is 0 Å². The molecule has 4 nitrogen and oxygen atoms in total. The summed E-state index contributed by atoms with van der Waals surface area (Å²) in [5, 5.41) is 16.2. The van der Waals surface area contributed by atoms with Crippen LogP contribution in [-0.4, -0.2) is 21.5 Å². The van der Waals surface area contributed by atoms with Crippen LogP contribution >= 0.6 is 11.3 Å². The average Bonchev–Trinajstić information content (AvgIpc) is 3.19. The fraction of sp³-hybridized carbons (Fsp3) is 0.250. The van der Waals surface area contributed by atoms with Gasteiger partial charge in [-0.1, -0.05) is 30.3 Å². The molecular weight excluding hydrogens is 280 g/mol. The molecule has 108 valence electrons. The molecule has 0 spiro atoms. The van der Waals surface area contributed by atoms with Crippen LogP contribution in [-0.2, 0) is 6.42 Å². The molecule has 1 aromatic carbocycles. The Morgan fingerprint density at radius 1 is 1.24 bits per heavy atom. The van der Waals surface area contributed by atoms with E-state index in [4.69, 9.17) is 0 Å². The first-order valence-corrected chi connectivity index (χ1v) is 8.03. The molecule has 0 amide bonds. The molecule has 3 rings (SSSR count). The number of benzene rings is 1. The fourth-order valence-electron chi connectivity index (χ4n) is 2.42. The van der Waals surface area contributed by atoms with E-state index in [1.54, 1.807) is 11.3 Å². The Bertz CT molecular complexity index is 661. The van der Waals surface area contributed by atoms with Gasteiger partial charge in [-0.15, -0.1) is 5.10 Å². The molecular formula is C16H18N4S. The van der Waals surface area contributed by atoms with Gasteiger partial charge in [0.25, 0.3) is 0 Å². The van der Waals surface area contributed by atoms with Gasteiger partial charge in [0.05, 0.1) is 23.6 Å². The second-order valence-electron chi connectivity index (χ2n) is 4.85. The second kappa shape index (κ2) is 6.65. The lowest BCUT2D eigenvalue weighted by Gasteiger charge is -2.18. The summed E-state index contributed by atoms with van der Waals surface area (Å²) in [5.74, 6) is 0. The van der Waals surface area contributed by atoms with Crippen LogP contribution in [0.3, 0.4) is 0 Å². The highest BCUT2D eigenvalue weighted by Crippen LogP contribution is 2.21. The van der Waals surface area contributed by atoms with Gasteiger partial charge in [-0.25, -0.2) is 4.68 Å². The molecule has 0 aliphatic rings. The van der Waals surface area contributed by atoms with Gasteiger partial charge in [0.1, 0.15) is 0 Å². The van der Waals surface area contributed by atoms with E-state index in [1.807, 2.05) is 41.2 Å². The van der Waals surface area contributed by atoms with Crippen molar-refractivity contribution in [1.82, 2.24) is 20.3 Å². The minimum Gasteiger partial charge on any atom is -0.309 e. The van der Waals surface area contributed by atoms with E-state index in [-0.39, 0.29) is 6.04 Å². The molecule has 2 heterocycles. The second-order valence-corrected chi connectivity index (χ2v) is 5.63. The highest BCUT2D eigenvalue weighted by molar-refractivity contribution is 7.07. The number of aromatic nitrogens is 3. The number of nitrogens with zero attached hydrogens (tertiary/aromatic N) is 3. The summed E-state index contributed by atoms with van der Waals surface area (Å²) in [6.07, 6.45) is 2.80. The minimum absolute atomic E-state index is 0.208. The van der Waals surface area contributed by atoms with Crippen LogP contribution in [0.5, 0.6) is 0 Å². The molecule has 0 fully saturated rings. The summed E-state index contributed by atoms with van der Waals surface area (Å²) in [6, 6.07) is 12.5. The standard InChI is InChI=1S/C16H18N4S/c1-2-17-15(10-13-8-9-21-12-13)16-11-18-19-20(16)14-6-4-3-5-7-14/h3-9,11-12,15,17H,2,10H2,1H3. The van der Waals surface area contributed by atoms with Crippen molar-refractivity contribution in [2.75, 3.05) is 6.54 Å². The smallest absolute Gasteiger partial charge is 0.0818 e. The predicted octanol–water partition coefficient (Wildman–Crippen LogP) is 3.22. The Hall–Kier alpha value is -1.98. The third kappa shape index (κ3) is 3.20. The Morgan fingerprint density at radius 2 is 2.10 bits per heavy atom. The molecule has 0 saturated heterocycles. The van der Waals surface area contributed by atoms with Crippen LogP contribution in [0.2, 0.25) is 0 Å². The minimum atomic E-state index is 0.208. The predicted molar refractivity (Wildman–Crippen MR) is 85.8 cm³/mol. The first-order valence-electron chi connectivity index (χ1n) is 7.09. The third-order valence-electron chi connectivity index (χ3n) is 3.40. The largest absolute Gasteiger partial charge is 0.309 e. The number of nitrogens with one attached hydrogen (secondary N) is 1. The van der Waals surface area contributed by atoms with Crippen LogP contribution in [0.1, 0.15) is 24.2 Å². The van der Waals surface area contributed by atoms with E-state index in [0.29, 0.717) is 0 Å². The molecule has 1 atom stereocenters. The summed E-state index contributed by atoms with van der Waals surface area (Å²) in [7, 11) is 0. The van der Waals surface area contributed by atoms with Crippen molar-refractivity contribution >= 4 is 11.3 Å². The van der Waals surface area contributed by atoms with Crippen molar-refractivity contribution in [3.63, 3.8) is 0 Å². The molecule has 1 unspecified atom stereocenters. The lowest BCUT2D eigenvalue weighted by molar-refractivity contribution is 0.521. The zero-order valence-electron chi connectivity index (χ0n) is 11.9. The summed E-state index contributed by atoms with van der Waals surface area (Å²) in [5.41, 5.74) is 3.47. The van der Waals surface area contributed by atoms with Gasteiger partial charge >= 0.3 is 0 Å². The molecule has 0 radical (unpaired) electrons. The monoisotopic (exact) mass is 298 g/mol. The topological polar surface area (TPSA) is 42.7 Å². The van der Waals surface area contributed by atoms with E-state index in [0.717, 1.165) is 24.3 Å². The maximum absolute atomic E-state index is 4.25. The van der Waals surface area contributed by atoms with Gasteiger partial charge in [-0.2, -0.15) is 11.3 Å². The summed E-state index contributed by atoms with van der Waals surface area (Å²) in [4.78, 5) is 0. The lowest BCUT2D eigenvalue weighted by Crippen LogP contribution is -2.25. The third-order valence-corrected chi connectivity index (χ3v) is 4.14. The molecule has 1 N–H and O–H groups in total. The quantitative estimate of drug-likeness (QED) is 0.760. The van der Waals surface area contributed by atoms with Crippen LogP contribution < -0.4 is 5.32 Å². The van der Waals surface area contributed by atoms with E-state index >= 15 is 0 Å². The fourth-order valence-corrected chi connectivity index (χ4v) is 3.10. The van der Waals surface area contributed by atoms with Gasteiger partial charge in [-0.3, -0.25) is 0 Å². The number of para-hydroxylation sites is 1. The molecule has 5 heteroatoms. The highest BCUT2D eigenvalue weighted by atomic mass is 32.1. The average molecular weight is 298 g/mol. The first-order chi connectivity index (χ1) is 10.4. The maximum Gasteiger partial charge on any atom is 0.0818 e. The van der Waals surface area contributed by atoms with Crippen LogP contribution in [0, 0.1) is 0 Å². The first kappa shape index (κ1) is 14.0. The number of likely N-dealkylation sites (N-methyl/N-ethyl adjacent to an activating group) is 1. The van der Waals surface area contributed by atoms with E-state index in [1.165, 1.54) is 5.56 Å². The van der Waals surface area contributed by atoms with E-state index < -0.39 is 0 Å². The molecule has 3 aromatic rings. The van der Waals surface area contributed by atoms with Crippen molar-refractivity contribution in [3.05, 3.63) is 64.6 Å². The summed E-state index contributed by atoms with van der Waals surface area (Å²) in [6.45, 7) is 3.03. The van der Waals surface area contributed by atoms with E-state index in [9.17, 15) is 0 Å². The number of hydrogen-bond acceptors (Lipinski definition) is 4. The Morgan fingerprint density at radius 3 is 2.81 bits per heavy atom.